The molecule has 0 aliphatic rings. The van der Waals surface area contributed by atoms with E-state index in [0.29, 0.717) is 0 Å². The molecule has 1 atom stereocenters. The average Bonchev–Trinajstić information content (AvgIpc) is 2.20. The molecule has 0 spiro atoms. The van der Waals surface area contributed by atoms with Crippen molar-refractivity contribution in [2.75, 3.05) is 7.11 Å². The summed E-state index contributed by atoms with van der Waals surface area (Å²) in [6.07, 6.45) is -0.139. The molecule has 0 aliphatic carbocycles. The van der Waals surface area contributed by atoms with Gasteiger partial charge >= 0.3 is 5.97 Å². The van der Waals surface area contributed by atoms with Crippen LogP contribution in [0.4, 0.5) is 4.39 Å². The van der Waals surface area contributed by atoms with Crippen LogP contribution in [0.2, 0.25) is 5.02 Å². The fourth-order valence-corrected chi connectivity index (χ4v) is 1.71. The van der Waals surface area contributed by atoms with Crippen LogP contribution in [-0.2, 0) is 4.79 Å². The van der Waals surface area contributed by atoms with Crippen LogP contribution in [-0.4, -0.2) is 18.2 Å². The van der Waals surface area contributed by atoms with Gasteiger partial charge in [0.05, 0.1) is 13.5 Å². The van der Waals surface area contributed by atoms with Crippen molar-refractivity contribution in [1.29, 1.82) is 0 Å². The van der Waals surface area contributed by atoms with Gasteiger partial charge < -0.3 is 9.84 Å². The summed E-state index contributed by atoms with van der Waals surface area (Å²) in [5.41, 5.74) is 0.285. The van der Waals surface area contributed by atoms with Crippen LogP contribution >= 0.6 is 11.6 Å². The van der Waals surface area contributed by atoms with Crippen LogP contribution in [0, 0.1) is 5.82 Å². The van der Waals surface area contributed by atoms with Gasteiger partial charge in [-0.25, -0.2) is 4.39 Å². The number of carboxylic acid groups (broad SMARTS) is 1. The second-order valence-corrected chi connectivity index (χ2v) is 3.86. The van der Waals surface area contributed by atoms with E-state index in [1.165, 1.54) is 19.2 Å². The Morgan fingerprint density at radius 2 is 2.25 bits per heavy atom. The number of hydrogen-bond acceptors (Lipinski definition) is 2. The molecular formula is C11H12ClFO3. The predicted octanol–water partition coefficient (Wildman–Crippen LogP) is 3.07. The van der Waals surface area contributed by atoms with E-state index in [-0.39, 0.29) is 22.8 Å². The number of methoxy groups -OCH3 is 1. The Labute approximate surface area is 97.8 Å². The Kier molecular flexibility index (Phi) is 4.12. The summed E-state index contributed by atoms with van der Waals surface area (Å²) in [5, 5.41) is 8.51. The van der Waals surface area contributed by atoms with Crippen molar-refractivity contribution in [2.45, 2.75) is 19.3 Å². The molecule has 5 heteroatoms. The SMILES string of the molecule is COc1ccc(C(C)CC(=O)O)c(F)c1Cl. The molecule has 0 heterocycles. The minimum absolute atomic E-state index is 0.114. The number of benzene rings is 1. The third kappa shape index (κ3) is 2.64. The molecule has 3 nitrogen and oxygen atoms in total. The molecule has 0 fully saturated rings. The maximum Gasteiger partial charge on any atom is 0.303 e. The van der Waals surface area contributed by atoms with Crippen LogP contribution in [0.1, 0.15) is 24.8 Å². The predicted molar refractivity (Wildman–Crippen MR) is 58.6 cm³/mol. The van der Waals surface area contributed by atoms with Crippen molar-refractivity contribution in [3.8, 4) is 5.75 Å². The van der Waals surface area contributed by atoms with Gasteiger partial charge in [0.2, 0.25) is 0 Å². The lowest BCUT2D eigenvalue weighted by Gasteiger charge is -2.13. The third-order valence-corrected chi connectivity index (χ3v) is 2.66. The molecule has 16 heavy (non-hydrogen) atoms. The zero-order valence-corrected chi connectivity index (χ0v) is 9.71. The van der Waals surface area contributed by atoms with Crippen molar-refractivity contribution >= 4 is 17.6 Å². The molecule has 0 amide bonds. The monoisotopic (exact) mass is 246 g/mol. The summed E-state index contributed by atoms with van der Waals surface area (Å²) < 4.78 is 18.6. The first-order valence-corrected chi connectivity index (χ1v) is 5.08. The van der Waals surface area contributed by atoms with Crippen molar-refractivity contribution in [3.05, 3.63) is 28.5 Å². The number of carboxylic acids is 1. The zero-order chi connectivity index (χ0) is 12.3. The fourth-order valence-electron chi connectivity index (χ4n) is 1.46. The molecule has 1 unspecified atom stereocenters. The van der Waals surface area contributed by atoms with Crippen LogP contribution in [0.5, 0.6) is 5.75 Å². The maximum absolute atomic E-state index is 13.7. The van der Waals surface area contributed by atoms with Gasteiger partial charge in [0.25, 0.3) is 0 Å². The van der Waals surface area contributed by atoms with E-state index < -0.39 is 17.7 Å². The Morgan fingerprint density at radius 3 is 2.75 bits per heavy atom. The van der Waals surface area contributed by atoms with E-state index in [0.717, 1.165) is 0 Å². The summed E-state index contributed by atoms with van der Waals surface area (Å²) in [7, 11) is 1.39. The smallest absolute Gasteiger partial charge is 0.303 e. The van der Waals surface area contributed by atoms with Gasteiger partial charge in [-0.2, -0.15) is 0 Å². The topological polar surface area (TPSA) is 46.5 Å². The van der Waals surface area contributed by atoms with Crippen LogP contribution in [0.3, 0.4) is 0 Å². The summed E-state index contributed by atoms with van der Waals surface area (Å²) in [4.78, 5) is 10.5. The molecule has 1 aromatic carbocycles. The minimum atomic E-state index is -0.973. The lowest BCUT2D eigenvalue weighted by Crippen LogP contribution is -2.05. The second-order valence-electron chi connectivity index (χ2n) is 3.48. The van der Waals surface area contributed by atoms with E-state index >= 15 is 0 Å². The van der Waals surface area contributed by atoms with E-state index in [9.17, 15) is 9.18 Å². The van der Waals surface area contributed by atoms with E-state index in [4.69, 9.17) is 21.4 Å². The summed E-state index contributed by atoms with van der Waals surface area (Å²) in [5.74, 6) is -1.78. The maximum atomic E-state index is 13.7. The van der Waals surface area contributed by atoms with E-state index in [2.05, 4.69) is 0 Å². The van der Waals surface area contributed by atoms with Crippen LogP contribution in [0.15, 0.2) is 12.1 Å². The van der Waals surface area contributed by atoms with Gasteiger partial charge in [0.15, 0.2) is 0 Å². The van der Waals surface area contributed by atoms with E-state index in [1.54, 1.807) is 6.92 Å². The van der Waals surface area contributed by atoms with Gasteiger partial charge in [-0.15, -0.1) is 0 Å². The zero-order valence-electron chi connectivity index (χ0n) is 8.96. The van der Waals surface area contributed by atoms with Crippen LogP contribution in [0.25, 0.3) is 0 Å². The minimum Gasteiger partial charge on any atom is -0.495 e. The quantitative estimate of drug-likeness (QED) is 0.888. The Hall–Kier alpha value is -1.29. The molecule has 88 valence electrons. The third-order valence-electron chi connectivity index (χ3n) is 2.31. The summed E-state index contributed by atoms with van der Waals surface area (Å²) in [6, 6.07) is 3.02. The summed E-state index contributed by atoms with van der Waals surface area (Å²) in [6.45, 7) is 1.63. The first-order chi connectivity index (χ1) is 7.47. The van der Waals surface area contributed by atoms with Crippen LogP contribution < -0.4 is 4.74 Å². The molecule has 0 saturated carbocycles. The molecule has 0 radical (unpaired) electrons. The number of aliphatic carboxylic acids is 1. The molecule has 1 aromatic rings. The fraction of sp³-hybridized carbons (Fsp3) is 0.364. The molecule has 0 bridgehead atoms. The highest BCUT2D eigenvalue weighted by Crippen LogP contribution is 2.33. The summed E-state index contributed by atoms with van der Waals surface area (Å²) >= 11 is 5.73. The first kappa shape index (κ1) is 12.8. The van der Waals surface area contributed by atoms with Gasteiger partial charge in [0, 0.05) is 0 Å². The number of ether oxygens (including phenoxy) is 1. The number of carbonyl (C=O) groups is 1. The van der Waals surface area contributed by atoms with Crippen molar-refractivity contribution in [2.24, 2.45) is 0 Å². The highest BCUT2D eigenvalue weighted by Gasteiger charge is 2.18. The van der Waals surface area contributed by atoms with Crippen molar-refractivity contribution < 1.29 is 19.0 Å². The van der Waals surface area contributed by atoms with Gasteiger partial charge in [0.1, 0.15) is 16.6 Å². The van der Waals surface area contributed by atoms with Gasteiger partial charge in [-0.05, 0) is 17.5 Å². The molecule has 0 aromatic heterocycles. The molecule has 0 aliphatic heterocycles. The highest BCUT2D eigenvalue weighted by atomic mass is 35.5. The lowest BCUT2D eigenvalue weighted by molar-refractivity contribution is -0.137. The number of halogens is 2. The van der Waals surface area contributed by atoms with Gasteiger partial charge in [-0.3, -0.25) is 4.79 Å². The Balaban J connectivity index is 3.06. The second kappa shape index (κ2) is 5.16. The molecule has 0 saturated heterocycles. The largest absolute Gasteiger partial charge is 0.495 e. The first-order valence-electron chi connectivity index (χ1n) is 4.71. The highest BCUT2D eigenvalue weighted by molar-refractivity contribution is 6.32. The lowest BCUT2D eigenvalue weighted by atomic mass is 9.97. The Bertz CT molecular complexity index is 406. The normalized spacial score (nSPS) is 12.2. The number of rotatable bonds is 4. The van der Waals surface area contributed by atoms with E-state index in [1.807, 2.05) is 0 Å². The standard InChI is InChI=1S/C11H12ClFO3/c1-6(5-9(14)15)7-3-4-8(16-2)10(12)11(7)13/h3-4,6H,5H2,1-2H3,(H,14,15). The van der Waals surface area contributed by atoms with Crippen molar-refractivity contribution in [3.63, 3.8) is 0 Å². The Morgan fingerprint density at radius 1 is 1.62 bits per heavy atom. The molecule has 1 rings (SSSR count). The van der Waals surface area contributed by atoms with Crippen molar-refractivity contribution in [1.82, 2.24) is 0 Å². The molecule has 1 N–H and O–H groups in total. The number of hydrogen-bond donors (Lipinski definition) is 1. The van der Waals surface area contributed by atoms with Gasteiger partial charge in [-0.1, -0.05) is 24.6 Å². The average molecular weight is 247 g/mol. The molecular weight excluding hydrogens is 235 g/mol.